The molecule has 2 rings (SSSR count). The van der Waals surface area contributed by atoms with E-state index >= 15 is 0 Å². The Labute approximate surface area is 173 Å². The Kier molecular flexibility index (Phi) is 11.5. The van der Waals surface area contributed by atoms with Crippen LogP contribution in [-0.4, -0.2) is 63.3 Å². The molecule has 0 bridgehead atoms. The predicted molar refractivity (Wildman–Crippen MR) is 112 cm³/mol. The van der Waals surface area contributed by atoms with Crippen molar-refractivity contribution in [2.75, 3.05) is 52.5 Å². The smallest absolute Gasteiger partial charge is 0.251 e. The summed E-state index contributed by atoms with van der Waals surface area (Å²) in [5, 5.41) is 6.70. The van der Waals surface area contributed by atoms with Crippen LogP contribution in [0.1, 0.15) is 37.0 Å². The molecule has 1 amide bonds. The minimum Gasteiger partial charge on any atom is -0.490 e. The number of nitrogens with one attached hydrogen (secondary N) is 2. The number of piperazine rings is 1. The number of rotatable bonds is 10. The molecule has 0 radical (unpaired) electrons. The van der Waals surface area contributed by atoms with Gasteiger partial charge >= 0.3 is 0 Å². The fourth-order valence-electron chi connectivity index (χ4n) is 2.85. The van der Waals surface area contributed by atoms with E-state index in [-0.39, 0.29) is 18.3 Å². The maximum Gasteiger partial charge on any atom is 0.251 e. The number of ether oxygens (including phenoxy) is 2. The molecule has 0 aromatic heterocycles. The van der Waals surface area contributed by atoms with Gasteiger partial charge in [-0.3, -0.25) is 4.79 Å². The number of benzene rings is 1. The van der Waals surface area contributed by atoms with Gasteiger partial charge in [0.2, 0.25) is 0 Å². The van der Waals surface area contributed by atoms with E-state index in [4.69, 9.17) is 21.1 Å². The molecule has 1 aromatic rings. The van der Waals surface area contributed by atoms with Gasteiger partial charge < -0.3 is 25.0 Å². The molecule has 1 fully saturated rings. The summed E-state index contributed by atoms with van der Waals surface area (Å²) in [5.41, 5.74) is 0.490. The van der Waals surface area contributed by atoms with Crippen molar-refractivity contribution in [2.45, 2.75) is 26.7 Å². The Morgan fingerprint density at radius 1 is 1.26 bits per heavy atom. The zero-order valence-electron chi connectivity index (χ0n) is 16.2. The van der Waals surface area contributed by atoms with Crippen molar-refractivity contribution in [3.8, 4) is 11.5 Å². The lowest BCUT2D eigenvalue weighted by atomic mass is 10.2. The maximum atomic E-state index is 12.4. The summed E-state index contributed by atoms with van der Waals surface area (Å²) in [6.07, 6.45) is 1.80. The van der Waals surface area contributed by atoms with Gasteiger partial charge in [-0.25, -0.2) is 0 Å². The van der Waals surface area contributed by atoms with Crippen LogP contribution in [0.5, 0.6) is 11.5 Å². The second kappa shape index (κ2) is 13.0. The molecule has 1 saturated heterocycles. The van der Waals surface area contributed by atoms with Gasteiger partial charge in [0.05, 0.1) is 18.2 Å². The lowest BCUT2D eigenvalue weighted by molar-refractivity contribution is 0.0950. The van der Waals surface area contributed by atoms with Crippen molar-refractivity contribution in [2.24, 2.45) is 0 Å². The fraction of sp³-hybridized carbons (Fsp3) is 0.632. The van der Waals surface area contributed by atoms with Crippen LogP contribution in [-0.2, 0) is 0 Å². The van der Waals surface area contributed by atoms with Crippen molar-refractivity contribution in [3.63, 3.8) is 0 Å². The van der Waals surface area contributed by atoms with Gasteiger partial charge in [0.15, 0.2) is 11.5 Å². The zero-order valence-corrected chi connectivity index (χ0v) is 17.8. The van der Waals surface area contributed by atoms with Crippen molar-refractivity contribution >= 4 is 29.9 Å². The Hall–Kier alpha value is -1.21. The number of nitrogens with zero attached hydrogens (tertiary/aromatic N) is 1. The summed E-state index contributed by atoms with van der Waals surface area (Å²) < 4.78 is 11.3. The molecule has 1 aromatic carbocycles. The third kappa shape index (κ3) is 7.74. The monoisotopic (exact) mass is 419 g/mol. The first-order valence-corrected chi connectivity index (χ1v) is 9.83. The summed E-state index contributed by atoms with van der Waals surface area (Å²) in [6, 6.07) is 3.34. The van der Waals surface area contributed by atoms with E-state index in [9.17, 15) is 4.79 Å². The van der Waals surface area contributed by atoms with E-state index in [2.05, 4.69) is 15.5 Å². The van der Waals surface area contributed by atoms with E-state index in [1.807, 2.05) is 13.8 Å². The average Bonchev–Trinajstić information content (AvgIpc) is 2.65. The largest absolute Gasteiger partial charge is 0.490 e. The van der Waals surface area contributed by atoms with Crippen molar-refractivity contribution in [1.29, 1.82) is 0 Å². The third-order valence-corrected chi connectivity index (χ3v) is 4.45. The Bertz CT molecular complexity index is 582. The van der Waals surface area contributed by atoms with E-state index in [0.717, 1.165) is 45.6 Å². The SMILES string of the molecule is CCCOc1c(Cl)cc(C(=O)NCCCN2CCNCC2)cc1OCC.Cl. The molecule has 1 aliphatic rings. The minimum atomic E-state index is -0.143. The molecule has 8 heteroatoms. The van der Waals surface area contributed by atoms with Gasteiger partial charge in [-0.15, -0.1) is 12.4 Å². The van der Waals surface area contributed by atoms with E-state index in [1.165, 1.54) is 0 Å². The van der Waals surface area contributed by atoms with Crippen LogP contribution >= 0.6 is 24.0 Å². The lowest BCUT2D eigenvalue weighted by Gasteiger charge is -2.27. The molecule has 0 spiro atoms. The van der Waals surface area contributed by atoms with Crippen LogP contribution < -0.4 is 20.1 Å². The number of amides is 1. The fourth-order valence-corrected chi connectivity index (χ4v) is 3.11. The van der Waals surface area contributed by atoms with Crippen molar-refractivity contribution in [3.05, 3.63) is 22.7 Å². The van der Waals surface area contributed by atoms with Crippen LogP contribution in [0.2, 0.25) is 5.02 Å². The lowest BCUT2D eigenvalue weighted by Crippen LogP contribution is -2.44. The normalized spacial score (nSPS) is 14.3. The number of halogens is 2. The summed E-state index contributed by atoms with van der Waals surface area (Å²) in [4.78, 5) is 14.8. The van der Waals surface area contributed by atoms with Crippen LogP contribution in [0.15, 0.2) is 12.1 Å². The van der Waals surface area contributed by atoms with Gasteiger partial charge in [-0.05, 0) is 38.4 Å². The van der Waals surface area contributed by atoms with Gasteiger partial charge in [0.1, 0.15) is 0 Å². The number of carbonyl (C=O) groups excluding carboxylic acids is 1. The van der Waals surface area contributed by atoms with Crippen LogP contribution in [0, 0.1) is 0 Å². The maximum absolute atomic E-state index is 12.4. The molecule has 154 valence electrons. The second-order valence-corrected chi connectivity index (χ2v) is 6.68. The predicted octanol–water partition coefficient (Wildman–Crippen LogP) is 2.97. The standard InChI is InChI=1S/C19H30ClN3O3.ClH/c1-3-12-26-18-16(20)13-15(14-17(18)25-4-2)19(24)22-6-5-9-23-10-7-21-8-11-23;/h13-14,21H,3-12H2,1-2H3,(H,22,24);1H. The van der Waals surface area contributed by atoms with Crippen LogP contribution in [0.25, 0.3) is 0 Å². The molecule has 1 heterocycles. The number of hydrogen-bond donors (Lipinski definition) is 2. The highest BCUT2D eigenvalue weighted by Crippen LogP contribution is 2.36. The van der Waals surface area contributed by atoms with Gasteiger partial charge in [0, 0.05) is 38.3 Å². The van der Waals surface area contributed by atoms with Gasteiger partial charge in [-0.1, -0.05) is 18.5 Å². The molecule has 0 saturated carbocycles. The molecule has 0 atom stereocenters. The molecular weight excluding hydrogens is 389 g/mol. The third-order valence-electron chi connectivity index (χ3n) is 4.17. The highest BCUT2D eigenvalue weighted by Gasteiger charge is 2.16. The molecule has 1 aliphatic heterocycles. The minimum absolute atomic E-state index is 0. The molecule has 2 N–H and O–H groups in total. The highest BCUT2D eigenvalue weighted by atomic mass is 35.5. The van der Waals surface area contributed by atoms with Gasteiger partial charge in [0.25, 0.3) is 5.91 Å². The summed E-state index contributed by atoms with van der Waals surface area (Å²) in [5.74, 6) is 0.875. The molecule has 6 nitrogen and oxygen atoms in total. The molecule has 27 heavy (non-hydrogen) atoms. The number of hydrogen-bond acceptors (Lipinski definition) is 5. The van der Waals surface area contributed by atoms with Crippen molar-refractivity contribution in [1.82, 2.24) is 15.5 Å². The van der Waals surface area contributed by atoms with E-state index in [0.29, 0.717) is 41.8 Å². The summed E-state index contributed by atoms with van der Waals surface area (Å²) in [6.45, 7) is 10.8. The summed E-state index contributed by atoms with van der Waals surface area (Å²) in [7, 11) is 0. The highest BCUT2D eigenvalue weighted by molar-refractivity contribution is 6.32. The second-order valence-electron chi connectivity index (χ2n) is 6.27. The Balaban J connectivity index is 0.00000364. The molecular formula is C19H31Cl2N3O3. The van der Waals surface area contributed by atoms with Crippen LogP contribution in [0.3, 0.4) is 0 Å². The van der Waals surface area contributed by atoms with E-state index < -0.39 is 0 Å². The van der Waals surface area contributed by atoms with E-state index in [1.54, 1.807) is 12.1 Å². The number of carbonyl (C=O) groups is 1. The molecule has 0 unspecified atom stereocenters. The first-order chi connectivity index (χ1) is 12.7. The first kappa shape index (κ1) is 23.8. The first-order valence-electron chi connectivity index (χ1n) is 9.46. The Morgan fingerprint density at radius 2 is 2.00 bits per heavy atom. The van der Waals surface area contributed by atoms with Crippen LogP contribution in [0.4, 0.5) is 0 Å². The van der Waals surface area contributed by atoms with Gasteiger partial charge in [-0.2, -0.15) is 0 Å². The summed E-state index contributed by atoms with van der Waals surface area (Å²) >= 11 is 6.32. The van der Waals surface area contributed by atoms with Crippen molar-refractivity contribution < 1.29 is 14.3 Å². The topological polar surface area (TPSA) is 62.8 Å². The molecule has 0 aliphatic carbocycles. The zero-order chi connectivity index (χ0) is 18.8. The average molecular weight is 420 g/mol. The Morgan fingerprint density at radius 3 is 2.67 bits per heavy atom. The quantitative estimate of drug-likeness (QED) is 0.570.